The van der Waals surface area contributed by atoms with E-state index >= 15 is 0 Å². The number of nitrogens with one attached hydrogen (secondary N) is 1. The molecule has 9 nitrogen and oxygen atoms in total. The molecule has 0 spiro atoms. The Balaban J connectivity index is 1.26. The lowest BCUT2D eigenvalue weighted by atomic mass is 10.0. The zero-order valence-electron chi connectivity index (χ0n) is 16.2. The van der Waals surface area contributed by atoms with E-state index in [0.29, 0.717) is 30.1 Å². The summed E-state index contributed by atoms with van der Waals surface area (Å²) in [5, 5.41) is 2.76. The molecule has 1 N–H and O–H groups in total. The summed E-state index contributed by atoms with van der Waals surface area (Å²) < 4.78 is 0. The highest BCUT2D eigenvalue weighted by Crippen LogP contribution is 2.38. The van der Waals surface area contributed by atoms with Gasteiger partial charge < -0.3 is 10.2 Å². The molecule has 0 unspecified atom stereocenters. The van der Waals surface area contributed by atoms with Crippen LogP contribution in [0.5, 0.6) is 0 Å². The number of aromatic nitrogens is 3. The number of amides is 3. The molecular weight excluding hydrogens is 384 g/mol. The summed E-state index contributed by atoms with van der Waals surface area (Å²) in [6.07, 6.45) is 9.55. The summed E-state index contributed by atoms with van der Waals surface area (Å²) in [5.74, 6) is -0.292. The predicted octanol–water partition coefficient (Wildman–Crippen LogP) is 1.36. The van der Waals surface area contributed by atoms with Crippen LogP contribution in [0, 0.1) is 0 Å². The Morgan fingerprint density at radius 3 is 2.57 bits per heavy atom. The molecule has 3 aliphatic rings. The first-order valence-electron chi connectivity index (χ1n) is 9.99. The van der Waals surface area contributed by atoms with Crippen molar-refractivity contribution in [2.45, 2.75) is 31.7 Å². The monoisotopic (exact) mass is 404 g/mol. The Kier molecular flexibility index (Phi) is 4.50. The fourth-order valence-electron chi connectivity index (χ4n) is 3.96. The third-order valence-electron chi connectivity index (χ3n) is 5.53. The number of hydrogen-bond acceptors (Lipinski definition) is 7. The van der Waals surface area contributed by atoms with Crippen LogP contribution >= 0.6 is 0 Å². The first-order valence-corrected chi connectivity index (χ1v) is 9.99. The van der Waals surface area contributed by atoms with Gasteiger partial charge in [-0.1, -0.05) is 0 Å². The van der Waals surface area contributed by atoms with Crippen molar-refractivity contribution in [3.05, 3.63) is 48.3 Å². The number of anilines is 1. The van der Waals surface area contributed by atoms with Gasteiger partial charge in [0.25, 0.3) is 11.8 Å². The maximum atomic E-state index is 12.8. The topological polar surface area (TPSA) is 108 Å². The lowest BCUT2D eigenvalue weighted by Gasteiger charge is -2.28. The van der Waals surface area contributed by atoms with Gasteiger partial charge in [0, 0.05) is 47.9 Å². The predicted molar refractivity (Wildman–Crippen MR) is 107 cm³/mol. The zero-order valence-corrected chi connectivity index (χ0v) is 16.2. The highest BCUT2D eigenvalue weighted by Gasteiger charge is 2.48. The summed E-state index contributed by atoms with van der Waals surface area (Å²) in [4.78, 5) is 53.4. The Morgan fingerprint density at radius 1 is 1.07 bits per heavy atom. The lowest BCUT2D eigenvalue weighted by molar-refractivity contribution is -0.138. The molecule has 2 aliphatic heterocycles. The Bertz CT molecular complexity index is 1050. The summed E-state index contributed by atoms with van der Waals surface area (Å²) >= 11 is 0. The van der Waals surface area contributed by atoms with Crippen molar-refractivity contribution in [1.29, 1.82) is 0 Å². The van der Waals surface area contributed by atoms with Gasteiger partial charge in [-0.2, -0.15) is 0 Å². The van der Waals surface area contributed by atoms with Gasteiger partial charge in [0.1, 0.15) is 17.8 Å². The van der Waals surface area contributed by atoms with Crippen LogP contribution in [-0.2, 0) is 14.4 Å². The Hall–Kier alpha value is -3.62. The molecule has 2 aromatic heterocycles. The summed E-state index contributed by atoms with van der Waals surface area (Å²) in [5.41, 5.74) is 2.63. The second kappa shape index (κ2) is 7.33. The van der Waals surface area contributed by atoms with E-state index in [-0.39, 0.29) is 30.3 Å². The lowest BCUT2D eigenvalue weighted by Crippen LogP contribution is -2.40. The molecule has 1 saturated carbocycles. The molecule has 1 aliphatic carbocycles. The van der Waals surface area contributed by atoms with Crippen LogP contribution in [0.15, 0.2) is 48.3 Å². The van der Waals surface area contributed by atoms with Crippen LogP contribution in [0.25, 0.3) is 11.1 Å². The van der Waals surface area contributed by atoms with Gasteiger partial charge in [-0.3, -0.25) is 19.3 Å². The normalized spacial score (nSPS) is 18.7. The van der Waals surface area contributed by atoms with Crippen LogP contribution in [0.1, 0.15) is 25.7 Å². The fourth-order valence-corrected chi connectivity index (χ4v) is 3.96. The summed E-state index contributed by atoms with van der Waals surface area (Å²) in [7, 11) is 0. The zero-order chi connectivity index (χ0) is 20.7. The van der Waals surface area contributed by atoms with Gasteiger partial charge in [0.05, 0.1) is 6.54 Å². The molecule has 1 fully saturated rings. The highest BCUT2D eigenvalue weighted by molar-refractivity contribution is 6.19. The summed E-state index contributed by atoms with van der Waals surface area (Å²) in [6, 6.07) is 3.57. The smallest absolute Gasteiger partial charge is 0.277 e. The molecule has 152 valence electrons. The summed E-state index contributed by atoms with van der Waals surface area (Å²) in [6.45, 7) is 0.580. The van der Waals surface area contributed by atoms with E-state index in [0.717, 1.165) is 30.4 Å². The average Bonchev–Trinajstić information content (AvgIpc) is 3.56. The van der Waals surface area contributed by atoms with Crippen LogP contribution in [-0.4, -0.2) is 61.6 Å². The van der Waals surface area contributed by atoms with Gasteiger partial charge >= 0.3 is 0 Å². The van der Waals surface area contributed by atoms with Gasteiger partial charge in [0.2, 0.25) is 5.91 Å². The molecule has 4 heterocycles. The second-order valence-corrected chi connectivity index (χ2v) is 7.67. The van der Waals surface area contributed by atoms with Gasteiger partial charge in [-0.05, 0) is 37.8 Å². The minimum atomic E-state index is -0.280. The van der Waals surface area contributed by atoms with Crippen molar-refractivity contribution in [2.75, 3.05) is 18.4 Å². The van der Waals surface area contributed by atoms with E-state index in [1.807, 2.05) is 6.07 Å². The van der Waals surface area contributed by atoms with Crippen LogP contribution < -0.4 is 5.32 Å². The van der Waals surface area contributed by atoms with Crippen molar-refractivity contribution in [1.82, 2.24) is 24.8 Å². The number of rotatable bonds is 5. The van der Waals surface area contributed by atoms with Crippen molar-refractivity contribution in [3.8, 4) is 11.1 Å². The second-order valence-electron chi connectivity index (χ2n) is 7.67. The van der Waals surface area contributed by atoms with Crippen LogP contribution in [0.3, 0.4) is 0 Å². The number of imide groups is 1. The van der Waals surface area contributed by atoms with E-state index in [9.17, 15) is 14.4 Å². The highest BCUT2D eigenvalue weighted by atomic mass is 16.2. The average molecular weight is 404 g/mol. The van der Waals surface area contributed by atoms with E-state index in [2.05, 4.69) is 20.3 Å². The van der Waals surface area contributed by atoms with Crippen LogP contribution in [0.2, 0.25) is 0 Å². The first kappa shape index (κ1) is 18.4. The molecule has 2 aromatic rings. The van der Waals surface area contributed by atoms with E-state index < -0.39 is 0 Å². The van der Waals surface area contributed by atoms with Crippen molar-refractivity contribution >= 4 is 23.5 Å². The molecule has 0 aromatic carbocycles. The maximum absolute atomic E-state index is 12.8. The molecule has 0 atom stereocenters. The fraction of sp³-hybridized carbons (Fsp3) is 0.333. The van der Waals surface area contributed by atoms with Crippen molar-refractivity contribution in [2.24, 2.45) is 0 Å². The molecule has 5 rings (SSSR count). The Labute approximate surface area is 172 Å². The Morgan fingerprint density at radius 2 is 1.87 bits per heavy atom. The third-order valence-corrected chi connectivity index (χ3v) is 5.53. The van der Waals surface area contributed by atoms with Gasteiger partial charge in [-0.15, -0.1) is 0 Å². The van der Waals surface area contributed by atoms with E-state index in [1.165, 1.54) is 11.2 Å². The van der Waals surface area contributed by atoms with E-state index in [4.69, 9.17) is 0 Å². The van der Waals surface area contributed by atoms with Crippen LogP contribution in [0.4, 0.5) is 5.82 Å². The number of nitrogens with zero attached hydrogens (tertiary/aromatic N) is 5. The van der Waals surface area contributed by atoms with Crippen molar-refractivity contribution < 1.29 is 14.4 Å². The standard InChI is InChI=1S/C21H20N6O3/c28-18(25-17-6-3-13(10-24-17)14-8-22-12-23-9-14)11-26-7-1-2-16-19(26)21(30)27(20(16)29)15-4-5-15/h3,6,8-10,12,15H,1-2,4-5,7,11H2,(H,24,25,28). The quantitative estimate of drug-likeness (QED) is 0.750. The molecular formula is C21H20N6O3. The SMILES string of the molecule is O=C(CN1CCCC2=C1C(=O)N(C1CC1)C2=O)Nc1ccc(-c2cncnc2)cn1. The number of hydrogen-bond donors (Lipinski definition) is 1. The number of carbonyl (C=O) groups excluding carboxylic acids is 3. The molecule has 0 saturated heterocycles. The van der Waals surface area contributed by atoms with Crippen molar-refractivity contribution in [3.63, 3.8) is 0 Å². The maximum Gasteiger partial charge on any atom is 0.277 e. The third kappa shape index (κ3) is 3.32. The molecule has 9 heteroatoms. The van der Waals surface area contributed by atoms with Gasteiger partial charge in [-0.25, -0.2) is 15.0 Å². The number of pyridine rings is 1. The number of carbonyl (C=O) groups is 3. The first-order chi connectivity index (χ1) is 14.6. The minimum absolute atomic E-state index is 0.00627. The minimum Gasteiger partial charge on any atom is -0.357 e. The largest absolute Gasteiger partial charge is 0.357 e. The molecule has 0 radical (unpaired) electrons. The van der Waals surface area contributed by atoms with E-state index in [1.54, 1.807) is 29.6 Å². The molecule has 0 bridgehead atoms. The molecule has 30 heavy (non-hydrogen) atoms. The molecule has 3 amide bonds. The van der Waals surface area contributed by atoms with Gasteiger partial charge in [0.15, 0.2) is 0 Å².